The molecule has 0 spiro atoms. The molecule has 150 valence electrons. The Hall–Kier alpha value is -3.45. The number of hydrogen-bond donors (Lipinski definition) is 0. The minimum absolute atomic E-state index is 0.404. The molecule has 5 rings (SSSR count). The van der Waals surface area contributed by atoms with Gasteiger partial charge >= 0.3 is 0 Å². The summed E-state index contributed by atoms with van der Waals surface area (Å²) in [5, 5.41) is 12.6. The Morgan fingerprint density at radius 1 is 0.867 bits per heavy atom. The Balaban J connectivity index is 1.38. The van der Waals surface area contributed by atoms with Crippen molar-refractivity contribution in [2.24, 2.45) is 0 Å². The fourth-order valence-corrected chi connectivity index (χ4v) is 3.73. The van der Waals surface area contributed by atoms with E-state index >= 15 is 0 Å². The minimum atomic E-state index is 0.404. The lowest BCUT2D eigenvalue weighted by Crippen LogP contribution is -2.19. The predicted molar refractivity (Wildman–Crippen MR) is 114 cm³/mol. The first-order valence-corrected chi connectivity index (χ1v) is 10.1. The van der Waals surface area contributed by atoms with Crippen molar-refractivity contribution in [3.05, 3.63) is 67.0 Å². The highest BCUT2D eigenvalue weighted by atomic mass is 16.5. The Labute approximate surface area is 174 Å². The molecule has 1 fully saturated rings. The zero-order valence-electron chi connectivity index (χ0n) is 16.8. The number of ether oxygens (including phenoxy) is 1. The molecule has 7 nitrogen and oxygen atoms in total. The molecule has 1 aliphatic heterocycles. The van der Waals surface area contributed by atoms with Crippen molar-refractivity contribution in [1.82, 2.24) is 29.9 Å². The average Bonchev–Trinajstić information content (AvgIpc) is 3.30. The van der Waals surface area contributed by atoms with Gasteiger partial charge in [0.15, 0.2) is 5.82 Å². The number of nitrogens with zero attached hydrogens (tertiary/aromatic N) is 6. The number of hydrogen-bond acceptors (Lipinski definition) is 6. The molecule has 0 aliphatic carbocycles. The lowest BCUT2D eigenvalue weighted by molar-refractivity contribution is 0.0662. The molecule has 0 unspecified atom stereocenters. The summed E-state index contributed by atoms with van der Waals surface area (Å²) in [7, 11) is 0. The van der Waals surface area contributed by atoms with E-state index in [0.29, 0.717) is 11.9 Å². The van der Waals surface area contributed by atoms with E-state index in [2.05, 4.69) is 43.6 Å². The molecular formula is C23H22N6O. The molecule has 0 N–H and O–H groups in total. The Morgan fingerprint density at radius 2 is 1.67 bits per heavy atom. The standard InChI is InChI=1S/C23H22N6O/c1-16-9-19(13-26-28-16)17-3-2-4-18(10-17)23-24-11-20(12-25-23)21-14-27-29(15-21)22-5-7-30-8-6-22/h2-4,9-15,22H,5-8H2,1H3. The van der Waals surface area contributed by atoms with Crippen molar-refractivity contribution in [3.63, 3.8) is 0 Å². The zero-order chi connectivity index (χ0) is 20.3. The molecule has 4 heterocycles. The van der Waals surface area contributed by atoms with Crippen molar-refractivity contribution in [2.75, 3.05) is 13.2 Å². The van der Waals surface area contributed by atoms with Crippen molar-refractivity contribution in [3.8, 4) is 33.6 Å². The van der Waals surface area contributed by atoms with Crippen LogP contribution in [0.15, 0.2) is 61.3 Å². The number of aryl methyl sites for hydroxylation is 1. The summed E-state index contributed by atoms with van der Waals surface area (Å²) in [5.74, 6) is 0.691. The van der Waals surface area contributed by atoms with Crippen LogP contribution in [0.2, 0.25) is 0 Å². The molecule has 1 saturated heterocycles. The average molecular weight is 398 g/mol. The second-order valence-electron chi connectivity index (χ2n) is 7.51. The van der Waals surface area contributed by atoms with E-state index in [0.717, 1.165) is 59.6 Å². The molecule has 0 bridgehead atoms. The van der Waals surface area contributed by atoms with Crippen LogP contribution in [-0.2, 0) is 4.74 Å². The second-order valence-corrected chi connectivity index (χ2v) is 7.51. The van der Waals surface area contributed by atoms with Crippen LogP contribution in [0.5, 0.6) is 0 Å². The van der Waals surface area contributed by atoms with Crippen LogP contribution in [0.4, 0.5) is 0 Å². The first-order valence-electron chi connectivity index (χ1n) is 10.1. The maximum absolute atomic E-state index is 5.44. The highest BCUT2D eigenvalue weighted by molar-refractivity contribution is 5.70. The number of benzene rings is 1. The smallest absolute Gasteiger partial charge is 0.159 e. The van der Waals surface area contributed by atoms with E-state index in [1.165, 1.54) is 0 Å². The maximum Gasteiger partial charge on any atom is 0.159 e. The molecule has 30 heavy (non-hydrogen) atoms. The lowest BCUT2D eigenvalue weighted by Gasteiger charge is -2.22. The number of aromatic nitrogens is 6. The van der Waals surface area contributed by atoms with Gasteiger partial charge in [0, 0.05) is 54.1 Å². The molecule has 3 aromatic heterocycles. The molecule has 0 saturated carbocycles. The van der Waals surface area contributed by atoms with E-state index in [-0.39, 0.29) is 0 Å². The normalized spacial score (nSPS) is 14.7. The summed E-state index contributed by atoms with van der Waals surface area (Å²) in [6, 6.07) is 10.6. The van der Waals surface area contributed by atoms with Crippen LogP contribution < -0.4 is 0 Å². The first-order chi connectivity index (χ1) is 14.8. The molecule has 0 amide bonds. The van der Waals surface area contributed by atoms with Crippen LogP contribution in [-0.4, -0.2) is 43.2 Å². The van der Waals surface area contributed by atoms with Crippen LogP contribution in [0.25, 0.3) is 33.6 Å². The number of rotatable bonds is 4. The summed E-state index contributed by atoms with van der Waals surface area (Å²) in [4.78, 5) is 9.21. The van der Waals surface area contributed by atoms with Crippen LogP contribution in [0.3, 0.4) is 0 Å². The fraction of sp³-hybridized carbons (Fsp3) is 0.261. The molecule has 7 heteroatoms. The Morgan fingerprint density at radius 3 is 2.47 bits per heavy atom. The van der Waals surface area contributed by atoms with Gasteiger partial charge < -0.3 is 4.74 Å². The largest absolute Gasteiger partial charge is 0.381 e. The fourth-order valence-electron chi connectivity index (χ4n) is 3.73. The summed E-state index contributed by atoms with van der Waals surface area (Å²) in [6.45, 7) is 3.53. The van der Waals surface area contributed by atoms with Gasteiger partial charge in [-0.05, 0) is 37.5 Å². The van der Waals surface area contributed by atoms with Gasteiger partial charge in [-0.15, -0.1) is 0 Å². The summed E-state index contributed by atoms with van der Waals surface area (Å²) < 4.78 is 7.48. The van der Waals surface area contributed by atoms with E-state index in [4.69, 9.17) is 4.74 Å². The van der Waals surface area contributed by atoms with Gasteiger partial charge in [-0.1, -0.05) is 18.2 Å². The quantitative estimate of drug-likeness (QED) is 0.514. The third-order valence-corrected chi connectivity index (χ3v) is 5.38. The zero-order valence-corrected chi connectivity index (χ0v) is 16.8. The van der Waals surface area contributed by atoms with Crippen LogP contribution in [0.1, 0.15) is 24.6 Å². The first kappa shape index (κ1) is 18.6. The van der Waals surface area contributed by atoms with Crippen LogP contribution in [0, 0.1) is 6.92 Å². The van der Waals surface area contributed by atoms with Crippen molar-refractivity contribution in [1.29, 1.82) is 0 Å². The highest BCUT2D eigenvalue weighted by Gasteiger charge is 2.17. The summed E-state index contributed by atoms with van der Waals surface area (Å²) >= 11 is 0. The topological polar surface area (TPSA) is 78.6 Å². The lowest BCUT2D eigenvalue weighted by atomic mass is 10.0. The summed E-state index contributed by atoms with van der Waals surface area (Å²) in [6.07, 6.45) is 11.4. The van der Waals surface area contributed by atoms with Gasteiger partial charge in [-0.25, -0.2) is 9.97 Å². The molecule has 0 atom stereocenters. The van der Waals surface area contributed by atoms with E-state index in [9.17, 15) is 0 Å². The molecule has 1 aliphatic rings. The van der Waals surface area contributed by atoms with E-state index < -0.39 is 0 Å². The van der Waals surface area contributed by atoms with E-state index in [1.54, 1.807) is 6.20 Å². The SMILES string of the molecule is Cc1cc(-c2cccc(-c3ncc(-c4cnn(C5CCOCC5)c4)cn3)c2)cnn1. The van der Waals surface area contributed by atoms with Gasteiger partial charge in [0.1, 0.15) is 0 Å². The summed E-state index contributed by atoms with van der Waals surface area (Å²) in [5.41, 5.74) is 5.94. The monoisotopic (exact) mass is 398 g/mol. The van der Waals surface area contributed by atoms with Gasteiger partial charge in [-0.2, -0.15) is 15.3 Å². The van der Waals surface area contributed by atoms with Gasteiger partial charge in [0.2, 0.25) is 0 Å². The van der Waals surface area contributed by atoms with Crippen molar-refractivity contribution in [2.45, 2.75) is 25.8 Å². The molecule has 1 aromatic carbocycles. The molecular weight excluding hydrogens is 376 g/mol. The third kappa shape index (κ3) is 3.84. The maximum atomic E-state index is 5.44. The second kappa shape index (κ2) is 8.12. The van der Waals surface area contributed by atoms with E-state index in [1.807, 2.05) is 48.4 Å². The Kier molecular flexibility index (Phi) is 5.03. The molecule has 4 aromatic rings. The Bertz CT molecular complexity index is 1150. The highest BCUT2D eigenvalue weighted by Crippen LogP contribution is 2.27. The van der Waals surface area contributed by atoms with Crippen molar-refractivity contribution < 1.29 is 4.74 Å². The van der Waals surface area contributed by atoms with Gasteiger partial charge in [0.05, 0.1) is 24.1 Å². The third-order valence-electron chi connectivity index (χ3n) is 5.38. The van der Waals surface area contributed by atoms with Crippen molar-refractivity contribution >= 4 is 0 Å². The molecule has 0 radical (unpaired) electrons. The predicted octanol–water partition coefficient (Wildman–Crippen LogP) is 4.12. The van der Waals surface area contributed by atoms with Gasteiger partial charge in [-0.3, -0.25) is 4.68 Å². The minimum Gasteiger partial charge on any atom is -0.381 e. The van der Waals surface area contributed by atoms with Gasteiger partial charge in [0.25, 0.3) is 0 Å². The van der Waals surface area contributed by atoms with Crippen LogP contribution >= 0.6 is 0 Å².